The number of piperidine rings is 1. The van der Waals surface area contributed by atoms with Crippen molar-refractivity contribution < 1.29 is 4.79 Å². The van der Waals surface area contributed by atoms with E-state index in [9.17, 15) is 9.59 Å². The van der Waals surface area contributed by atoms with Gasteiger partial charge in [0, 0.05) is 43.0 Å². The average molecular weight is 393 g/mol. The molecule has 29 heavy (non-hydrogen) atoms. The Kier molecular flexibility index (Phi) is 3.62. The number of hydrogen-bond donors (Lipinski definition) is 1. The van der Waals surface area contributed by atoms with Crippen molar-refractivity contribution >= 4 is 5.91 Å². The maximum absolute atomic E-state index is 13.4. The smallest absolute Gasteiger partial charge is 0.272 e. The normalized spacial score (nSPS) is 26.2. The molecule has 7 nitrogen and oxygen atoms in total. The van der Waals surface area contributed by atoms with E-state index in [1.54, 1.807) is 4.68 Å². The number of amides is 1. The number of hydrogen-bond acceptors (Lipinski definition) is 4. The fourth-order valence-corrected chi connectivity index (χ4v) is 5.35. The molecule has 1 atom stereocenters. The number of carbonyl (C=O) groups excluding carboxylic acids is 1. The predicted molar refractivity (Wildman–Crippen MR) is 107 cm³/mol. The summed E-state index contributed by atoms with van der Waals surface area (Å²) in [6, 6.07) is 1.98. The van der Waals surface area contributed by atoms with Gasteiger partial charge in [0.15, 0.2) is 0 Å². The molecule has 1 aliphatic heterocycles. The third-order valence-electron chi connectivity index (χ3n) is 7.33. The highest BCUT2D eigenvalue weighted by Gasteiger charge is 2.46. The Bertz CT molecular complexity index is 1060. The van der Waals surface area contributed by atoms with E-state index in [2.05, 4.69) is 10.1 Å². The Labute approximate surface area is 169 Å². The van der Waals surface area contributed by atoms with Crippen molar-refractivity contribution in [3.8, 4) is 0 Å². The summed E-state index contributed by atoms with van der Waals surface area (Å²) < 4.78 is 1.74. The van der Waals surface area contributed by atoms with Crippen LogP contribution in [-0.4, -0.2) is 43.6 Å². The minimum Gasteiger partial charge on any atom is -0.336 e. The molecule has 0 aromatic carbocycles. The van der Waals surface area contributed by atoms with Crippen LogP contribution in [-0.2, 0) is 18.9 Å². The van der Waals surface area contributed by atoms with Crippen molar-refractivity contribution in [1.29, 1.82) is 0 Å². The fourth-order valence-electron chi connectivity index (χ4n) is 5.35. The molecule has 2 aromatic heterocycles. The second-order valence-electron chi connectivity index (χ2n) is 9.52. The molecule has 6 rings (SSSR count). The van der Waals surface area contributed by atoms with Crippen LogP contribution in [0.4, 0.5) is 0 Å². The van der Waals surface area contributed by atoms with Crippen molar-refractivity contribution in [3.63, 3.8) is 0 Å². The lowest BCUT2D eigenvalue weighted by Crippen LogP contribution is -2.48. The summed E-state index contributed by atoms with van der Waals surface area (Å²) in [6.07, 6.45) is 8.22. The van der Waals surface area contributed by atoms with Crippen molar-refractivity contribution in [2.45, 2.75) is 68.6 Å². The SMILES string of the molecule is Cn1nc(C2CC2)cc1C(=O)N1CCCC2(CCc3c2nc(C2CC2)[nH]c3=O)C1. The number of rotatable bonds is 3. The Hall–Kier alpha value is -2.44. The number of aromatic nitrogens is 4. The van der Waals surface area contributed by atoms with Gasteiger partial charge in [-0.15, -0.1) is 0 Å². The molecule has 7 heteroatoms. The van der Waals surface area contributed by atoms with E-state index >= 15 is 0 Å². The lowest BCUT2D eigenvalue weighted by atomic mass is 9.77. The molecule has 3 fully saturated rings. The van der Waals surface area contributed by atoms with Crippen LogP contribution in [0.15, 0.2) is 10.9 Å². The largest absolute Gasteiger partial charge is 0.336 e. The zero-order chi connectivity index (χ0) is 19.8. The minimum atomic E-state index is -0.168. The van der Waals surface area contributed by atoms with Gasteiger partial charge in [-0.2, -0.15) is 5.10 Å². The third-order valence-corrected chi connectivity index (χ3v) is 7.33. The van der Waals surface area contributed by atoms with Crippen LogP contribution < -0.4 is 5.56 Å². The zero-order valence-corrected chi connectivity index (χ0v) is 16.9. The van der Waals surface area contributed by atoms with E-state index < -0.39 is 0 Å². The van der Waals surface area contributed by atoms with Crippen LogP contribution in [0, 0.1) is 0 Å². The molecular formula is C22H27N5O2. The lowest BCUT2D eigenvalue weighted by molar-refractivity contribution is 0.0622. The van der Waals surface area contributed by atoms with Crippen molar-refractivity contribution in [1.82, 2.24) is 24.6 Å². The van der Waals surface area contributed by atoms with Crippen LogP contribution in [0.3, 0.4) is 0 Å². The van der Waals surface area contributed by atoms with Gasteiger partial charge < -0.3 is 9.88 Å². The second kappa shape index (κ2) is 6.03. The zero-order valence-electron chi connectivity index (χ0n) is 16.9. The average Bonchev–Trinajstić information content (AvgIpc) is 3.64. The molecular weight excluding hydrogens is 366 g/mol. The molecule has 3 aliphatic carbocycles. The minimum absolute atomic E-state index is 0.0398. The van der Waals surface area contributed by atoms with E-state index in [1.165, 1.54) is 12.8 Å². The Balaban J connectivity index is 1.32. The number of aromatic amines is 1. The highest BCUT2D eigenvalue weighted by atomic mass is 16.2. The summed E-state index contributed by atoms with van der Waals surface area (Å²) in [5.41, 5.74) is 3.43. The Morgan fingerprint density at radius 2 is 2.00 bits per heavy atom. The van der Waals surface area contributed by atoms with Gasteiger partial charge >= 0.3 is 0 Å². The molecule has 1 saturated heterocycles. The summed E-state index contributed by atoms with van der Waals surface area (Å²) in [4.78, 5) is 36.0. The van der Waals surface area contributed by atoms with Gasteiger partial charge in [0.2, 0.25) is 0 Å². The number of aryl methyl sites for hydroxylation is 1. The monoisotopic (exact) mass is 393 g/mol. The molecule has 1 spiro atoms. The van der Waals surface area contributed by atoms with Crippen molar-refractivity contribution in [2.24, 2.45) is 7.05 Å². The quantitative estimate of drug-likeness (QED) is 0.868. The predicted octanol–water partition coefficient (Wildman–Crippen LogP) is 2.38. The first-order valence-electron chi connectivity index (χ1n) is 11.0. The van der Waals surface area contributed by atoms with Gasteiger partial charge in [-0.3, -0.25) is 14.3 Å². The van der Waals surface area contributed by atoms with E-state index in [0.717, 1.165) is 67.8 Å². The maximum Gasteiger partial charge on any atom is 0.272 e. The van der Waals surface area contributed by atoms with Gasteiger partial charge in [0.05, 0.1) is 11.4 Å². The molecule has 2 saturated carbocycles. The highest BCUT2D eigenvalue weighted by Crippen LogP contribution is 2.45. The molecule has 1 N–H and O–H groups in total. The molecule has 1 amide bonds. The Morgan fingerprint density at radius 1 is 1.21 bits per heavy atom. The summed E-state index contributed by atoms with van der Waals surface area (Å²) in [5.74, 6) is 1.88. The number of fused-ring (bicyclic) bond motifs is 2. The van der Waals surface area contributed by atoms with E-state index in [-0.39, 0.29) is 16.9 Å². The second-order valence-corrected chi connectivity index (χ2v) is 9.52. The van der Waals surface area contributed by atoms with Crippen LogP contribution in [0.2, 0.25) is 0 Å². The van der Waals surface area contributed by atoms with Gasteiger partial charge in [0.1, 0.15) is 11.5 Å². The fraction of sp³-hybridized carbons (Fsp3) is 0.636. The van der Waals surface area contributed by atoms with Gasteiger partial charge in [0.25, 0.3) is 11.5 Å². The van der Waals surface area contributed by atoms with Crippen LogP contribution >= 0.6 is 0 Å². The van der Waals surface area contributed by atoms with Gasteiger partial charge in [-0.1, -0.05) is 0 Å². The summed E-state index contributed by atoms with van der Waals surface area (Å²) in [6.45, 7) is 1.42. The van der Waals surface area contributed by atoms with Crippen LogP contribution in [0.25, 0.3) is 0 Å². The Morgan fingerprint density at radius 3 is 2.76 bits per heavy atom. The van der Waals surface area contributed by atoms with Crippen LogP contribution in [0.1, 0.15) is 90.0 Å². The molecule has 0 radical (unpaired) electrons. The van der Waals surface area contributed by atoms with Gasteiger partial charge in [-0.05, 0) is 57.4 Å². The standard InChI is InChI=1S/C22H27N5O2/c1-26-17(11-16(25-26)13-3-4-13)21(29)27-10-2-8-22(12-27)9-7-15-18(22)23-19(14-5-6-14)24-20(15)28/h11,13-14H,2-10,12H2,1H3,(H,23,24,28). The molecule has 3 heterocycles. The summed E-state index contributed by atoms with van der Waals surface area (Å²) in [5, 5.41) is 4.57. The molecule has 4 aliphatic rings. The highest BCUT2D eigenvalue weighted by molar-refractivity contribution is 5.93. The molecule has 2 aromatic rings. The van der Waals surface area contributed by atoms with Crippen molar-refractivity contribution in [2.75, 3.05) is 13.1 Å². The number of nitrogens with zero attached hydrogens (tertiary/aromatic N) is 4. The van der Waals surface area contributed by atoms with E-state index in [4.69, 9.17) is 4.98 Å². The first-order valence-corrected chi connectivity index (χ1v) is 11.0. The van der Waals surface area contributed by atoms with Crippen LogP contribution in [0.5, 0.6) is 0 Å². The van der Waals surface area contributed by atoms with E-state index in [0.29, 0.717) is 24.1 Å². The third kappa shape index (κ3) is 2.77. The van der Waals surface area contributed by atoms with E-state index in [1.807, 2.05) is 18.0 Å². The number of H-pyrrole nitrogens is 1. The number of likely N-dealkylation sites (tertiary alicyclic amines) is 1. The maximum atomic E-state index is 13.4. The summed E-state index contributed by atoms with van der Waals surface area (Å²) >= 11 is 0. The molecule has 152 valence electrons. The summed E-state index contributed by atoms with van der Waals surface area (Å²) in [7, 11) is 1.87. The molecule has 0 bridgehead atoms. The first-order chi connectivity index (χ1) is 14.0. The van der Waals surface area contributed by atoms with Crippen molar-refractivity contribution in [3.05, 3.63) is 44.9 Å². The first kappa shape index (κ1) is 17.4. The lowest BCUT2D eigenvalue weighted by Gasteiger charge is -2.40. The topological polar surface area (TPSA) is 83.9 Å². The molecule has 1 unspecified atom stereocenters. The van der Waals surface area contributed by atoms with Gasteiger partial charge in [-0.25, -0.2) is 4.98 Å². The number of nitrogens with one attached hydrogen (secondary N) is 1. The number of carbonyl (C=O) groups is 1.